The Morgan fingerprint density at radius 1 is 1.45 bits per heavy atom. The fourth-order valence-corrected chi connectivity index (χ4v) is 3.48. The Morgan fingerprint density at radius 3 is 2.80 bits per heavy atom. The highest BCUT2D eigenvalue weighted by Crippen LogP contribution is 2.31. The average Bonchev–Trinajstić information content (AvgIpc) is 2.38. The average molecular weight is 284 g/mol. The number of morpholine rings is 1. The highest BCUT2D eigenvalue weighted by Gasteiger charge is 2.40. The van der Waals surface area contributed by atoms with Crippen molar-refractivity contribution in [3.05, 3.63) is 0 Å². The molecule has 1 amide bonds. The summed E-state index contributed by atoms with van der Waals surface area (Å²) >= 11 is 0. The summed E-state index contributed by atoms with van der Waals surface area (Å²) in [4.78, 5) is 14.6. The Kier molecular flexibility index (Phi) is 4.72. The molecule has 5 nitrogen and oxygen atoms in total. The summed E-state index contributed by atoms with van der Waals surface area (Å²) in [6.07, 6.45) is 2.62. The van der Waals surface area contributed by atoms with Crippen LogP contribution in [0.3, 0.4) is 0 Å². The number of aliphatic hydroxyl groups excluding tert-OH is 1. The molecule has 1 aliphatic carbocycles. The quantitative estimate of drug-likeness (QED) is 0.784. The van der Waals surface area contributed by atoms with Gasteiger partial charge in [-0.15, -0.1) is 0 Å². The topological polar surface area (TPSA) is 75.8 Å². The Morgan fingerprint density at radius 2 is 2.15 bits per heavy atom. The van der Waals surface area contributed by atoms with Crippen molar-refractivity contribution in [2.24, 2.45) is 17.6 Å². The molecule has 1 saturated carbocycles. The van der Waals surface area contributed by atoms with E-state index in [1.54, 1.807) is 0 Å². The highest BCUT2D eigenvalue weighted by molar-refractivity contribution is 5.80. The van der Waals surface area contributed by atoms with E-state index in [0.29, 0.717) is 19.0 Å². The van der Waals surface area contributed by atoms with Gasteiger partial charge in [-0.3, -0.25) is 4.79 Å². The highest BCUT2D eigenvalue weighted by atomic mass is 16.5. The van der Waals surface area contributed by atoms with Crippen LogP contribution in [-0.2, 0) is 9.53 Å². The van der Waals surface area contributed by atoms with Crippen molar-refractivity contribution < 1.29 is 14.6 Å². The Hall–Kier alpha value is -0.650. The molecule has 1 saturated heterocycles. The lowest BCUT2D eigenvalue weighted by molar-refractivity contribution is -0.171. The molecule has 0 aromatic rings. The molecule has 0 aromatic heterocycles. The normalized spacial score (nSPS) is 37.8. The van der Waals surface area contributed by atoms with Gasteiger partial charge in [0.2, 0.25) is 5.91 Å². The summed E-state index contributed by atoms with van der Waals surface area (Å²) in [5, 5.41) is 9.34. The number of hydrogen-bond donors (Lipinski definition) is 2. The molecule has 0 aromatic carbocycles. The van der Waals surface area contributed by atoms with Crippen LogP contribution in [0.2, 0.25) is 0 Å². The van der Waals surface area contributed by atoms with Gasteiger partial charge < -0.3 is 20.5 Å². The van der Waals surface area contributed by atoms with Gasteiger partial charge in [-0.05, 0) is 39.0 Å². The number of ether oxygens (including phenoxy) is 1. The van der Waals surface area contributed by atoms with E-state index in [1.807, 2.05) is 18.7 Å². The number of nitrogens with two attached hydrogens (primary N) is 1. The van der Waals surface area contributed by atoms with Gasteiger partial charge in [0.1, 0.15) is 0 Å². The van der Waals surface area contributed by atoms with E-state index in [4.69, 9.17) is 10.5 Å². The molecule has 0 bridgehead atoms. The number of hydrogen-bond acceptors (Lipinski definition) is 4. The van der Waals surface area contributed by atoms with Crippen LogP contribution in [-0.4, -0.2) is 53.4 Å². The summed E-state index contributed by atoms with van der Waals surface area (Å²) in [5.74, 6) is 0.623. The van der Waals surface area contributed by atoms with Crippen LogP contribution in [0.1, 0.15) is 40.0 Å². The van der Waals surface area contributed by atoms with Crippen molar-refractivity contribution in [3.8, 4) is 0 Å². The van der Waals surface area contributed by atoms with Crippen LogP contribution in [0.25, 0.3) is 0 Å². The molecule has 2 fully saturated rings. The maximum Gasteiger partial charge on any atom is 0.227 e. The monoisotopic (exact) mass is 284 g/mol. The molecule has 2 aliphatic rings. The molecule has 116 valence electrons. The molecule has 4 atom stereocenters. The van der Waals surface area contributed by atoms with Gasteiger partial charge in [-0.2, -0.15) is 0 Å². The Bertz CT molecular complexity index is 359. The smallest absolute Gasteiger partial charge is 0.227 e. The van der Waals surface area contributed by atoms with Crippen LogP contribution in [0.4, 0.5) is 0 Å². The number of aliphatic hydroxyl groups is 1. The predicted molar refractivity (Wildman–Crippen MR) is 77.1 cm³/mol. The molecule has 0 spiro atoms. The van der Waals surface area contributed by atoms with E-state index in [1.165, 1.54) is 0 Å². The summed E-state index contributed by atoms with van der Waals surface area (Å²) in [6.45, 7) is 7.08. The zero-order valence-electron chi connectivity index (χ0n) is 12.8. The lowest BCUT2D eigenvalue weighted by atomic mass is 9.78. The number of nitrogens with zero attached hydrogens (tertiary/aromatic N) is 1. The zero-order valence-corrected chi connectivity index (χ0v) is 12.8. The van der Waals surface area contributed by atoms with E-state index in [-0.39, 0.29) is 30.6 Å². The largest absolute Gasteiger partial charge is 0.394 e. The molecule has 1 aliphatic heterocycles. The minimum absolute atomic E-state index is 0.0303. The fraction of sp³-hybridized carbons (Fsp3) is 0.933. The van der Waals surface area contributed by atoms with E-state index in [2.05, 4.69) is 6.92 Å². The van der Waals surface area contributed by atoms with Gasteiger partial charge in [0.05, 0.1) is 24.2 Å². The number of amides is 1. The summed E-state index contributed by atoms with van der Waals surface area (Å²) < 4.78 is 5.76. The third-order valence-corrected chi connectivity index (χ3v) is 4.48. The van der Waals surface area contributed by atoms with E-state index < -0.39 is 5.60 Å². The van der Waals surface area contributed by atoms with Crippen LogP contribution < -0.4 is 5.73 Å². The predicted octanol–water partition coefficient (Wildman–Crippen LogP) is 0.748. The minimum atomic E-state index is -0.411. The fourth-order valence-electron chi connectivity index (χ4n) is 3.48. The van der Waals surface area contributed by atoms with E-state index >= 15 is 0 Å². The molecule has 3 N–H and O–H groups in total. The molecule has 1 heterocycles. The van der Waals surface area contributed by atoms with Gasteiger partial charge >= 0.3 is 0 Å². The van der Waals surface area contributed by atoms with Crippen molar-refractivity contribution in [2.75, 3.05) is 19.7 Å². The van der Waals surface area contributed by atoms with Gasteiger partial charge in [0, 0.05) is 19.1 Å². The van der Waals surface area contributed by atoms with Crippen LogP contribution >= 0.6 is 0 Å². The zero-order chi connectivity index (χ0) is 14.9. The van der Waals surface area contributed by atoms with Crippen LogP contribution in [0.15, 0.2) is 0 Å². The van der Waals surface area contributed by atoms with E-state index in [0.717, 1.165) is 19.3 Å². The first-order valence-corrected chi connectivity index (χ1v) is 7.65. The number of carbonyl (C=O) groups is 1. The van der Waals surface area contributed by atoms with Crippen molar-refractivity contribution >= 4 is 5.91 Å². The summed E-state index contributed by atoms with van der Waals surface area (Å²) in [6, 6.07) is -0.0303. The summed E-state index contributed by atoms with van der Waals surface area (Å²) in [5.41, 5.74) is 5.74. The lowest BCUT2D eigenvalue weighted by Gasteiger charge is -2.44. The molecule has 0 radical (unpaired) electrons. The molecule has 5 heteroatoms. The number of rotatable bonds is 2. The standard InChI is InChI=1S/C15H28N2O3/c1-10-4-5-13(16)12(6-10)14(19)17-7-11(8-18)20-15(2,3)9-17/h10-13,18H,4-9,16H2,1-3H3. The van der Waals surface area contributed by atoms with Crippen LogP contribution in [0.5, 0.6) is 0 Å². The third kappa shape index (κ3) is 3.51. The van der Waals surface area contributed by atoms with Gasteiger partial charge in [0.15, 0.2) is 0 Å². The van der Waals surface area contributed by atoms with Gasteiger partial charge in [-0.1, -0.05) is 6.92 Å². The molecule has 2 rings (SSSR count). The van der Waals surface area contributed by atoms with Crippen molar-refractivity contribution in [1.29, 1.82) is 0 Å². The molecule has 20 heavy (non-hydrogen) atoms. The van der Waals surface area contributed by atoms with E-state index in [9.17, 15) is 9.90 Å². The lowest BCUT2D eigenvalue weighted by Crippen LogP contribution is -2.58. The molecule has 4 unspecified atom stereocenters. The van der Waals surface area contributed by atoms with Crippen LogP contribution in [0, 0.1) is 11.8 Å². The first-order valence-electron chi connectivity index (χ1n) is 7.65. The number of carbonyl (C=O) groups excluding carboxylic acids is 1. The van der Waals surface area contributed by atoms with Gasteiger partial charge in [0.25, 0.3) is 0 Å². The first-order chi connectivity index (χ1) is 9.32. The maximum atomic E-state index is 12.8. The molecular formula is C15H28N2O3. The minimum Gasteiger partial charge on any atom is -0.394 e. The van der Waals surface area contributed by atoms with Crippen molar-refractivity contribution in [2.45, 2.75) is 57.8 Å². The first kappa shape index (κ1) is 15.7. The van der Waals surface area contributed by atoms with Crippen molar-refractivity contribution in [3.63, 3.8) is 0 Å². The second-order valence-electron chi connectivity index (χ2n) is 7.09. The second kappa shape index (κ2) is 6.00. The molecular weight excluding hydrogens is 256 g/mol. The third-order valence-electron chi connectivity index (χ3n) is 4.48. The summed E-state index contributed by atoms with van der Waals surface area (Å²) in [7, 11) is 0. The Balaban J connectivity index is 2.07. The van der Waals surface area contributed by atoms with Gasteiger partial charge in [-0.25, -0.2) is 0 Å². The second-order valence-corrected chi connectivity index (χ2v) is 7.09. The Labute approximate surface area is 121 Å². The van der Waals surface area contributed by atoms with Crippen molar-refractivity contribution in [1.82, 2.24) is 4.90 Å². The maximum absolute atomic E-state index is 12.8. The SMILES string of the molecule is CC1CCC(N)C(C(=O)N2CC(CO)OC(C)(C)C2)C1.